The first kappa shape index (κ1) is 14.4. The quantitative estimate of drug-likeness (QED) is 0.761. The van der Waals surface area contributed by atoms with Gasteiger partial charge >= 0.3 is 0 Å². The summed E-state index contributed by atoms with van der Waals surface area (Å²) >= 11 is 0. The summed E-state index contributed by atoms with van der Waals surface area (Å²) in [6, 6.07) is 7.34. The van der Waals surface area contributed by atoms with Crippen molar-refractivity contribution in [3.8, 4) is 5.75 Å². The molecule has 3 N–H and O–H groups in total. The van der Waals surface area contributed by atoms with E-state index < -0.39 is 0 Å². The summed E-state index contributed by atoms with van der Waals surface area (Å²) in [5, 5.41) is 2.95. The lowest BCUT2D eigenvalue weighted by atomic mass is 10.0. The van der Waals surface area contributed by atoms with Crippen LogP contribution < -0.4 is 15.8 Å². The highest BCUT2D eigenvalue weighted by Crippen LogP contribution is 2.19. The Morgan fingerprint density at radius 2 is 2.06 bits per heavy atom. The van der Waals surface area contributed by atoms with E-state index in [1.165, 1.54) is 0 Å². The van der Waals surface area contributed by atoms with E-state index in [9.17, 15) is 4.79 Å². The zero-order valence-corrected chi connectivity index (χ0v) is 11.3. The maximum Gasteiger partial charge on any atom is 0.258 e. The lowest BCUT2D eigenvalue weighted by molar-refractivity contribution is -0.124. The van der Waals surface area contributed by atoms with Crippen molar-refractivity contribution in [2.24, 2.45) is 5.92 Å². The molecule has 0 fully saturated rings. The number of ether oxygens (including phenoxy) is 1. The summed E-state index contributed by atoms with van der Waals surface area (Å²) in [5.74, 6) is 0.852. The van der Waals surface area contributed by atoms with E-state index in [1.807, 2.05) is 12.1 Å². The van der Waals surface area contributed by atoms with Crippen molar-refractivity contribution in [1.29, 1.82) is 0 Å². The number of nitrogen functional groups attached to an aromatic ring is 1. The second-order valence-corrected chi connectivity index (χ2v) is 4.65. The van der Waals surface area contributed by atoms with Gasteiger partial charge in [-0.05, 0) is 24.5 Å². The van der Waals surface area contributed by atoms with Crippen molar-refractivity contribution in [1.82, 2.24) is 5.32 Å². The zero-order chi connectivity index (χ0) is 13.5. The molecule has 0 bridgehead atoms. The summed E-state index contributed by atoms with van der Waals surface area (Å²) in [6.07, 6.45) is 0.914. The van der Waals surface area contributed by atoms with Crippen molar-refractivity contribution in [2.45, 2.75) is 33.2 Å². The van der Waals surface area contributed by atoms with Gasteiger partial charge in [0.15, 0.2) is 6.61 Å². The number of hydrogen-bond acceptors (Lipinski definition) is 3. The highest BCUT2D eigenvalue weighted by Gasteiger charge is 2.14. The van der Waals surface area contributed by atoms with E-state index in [1.54, 1.807) is 12.1 Å². The molecule has 100 valence electrons. The number of para-hydroxylation sites is 2. The second-order valence-electron chi connectivity index (χ2n) is 4.65. The van der Waals surface area contributed by atoms with Crippen molar-refractivity contribution in [3.05, 3.63) is 24.3 Å². The molecule has 1 aromatic rings. The molecule has 4 nitrogen and oxygen atoms in total. The fourth-order valence-electron chi connectivity index (χ4n) is 1.74. The zero-order valence-electron chi connectivity index (χ0n) is 11.3. The van der Waals surface area contributed by atoms with Crippen LogP contribution in [0.3, 0.4) is 0 Å². The van der Waals surface area contributed by atoms with Gasteiger partial charge in [-0.3, -0.25) is 4.79 Å². The minimum absolute atomic E-state index is 0.00255. The van der Waals surface area contributed by atoms with Crippen LogP contribution >= 0.6 is 0 Å². The predicted molar refractivity (Wildman–Crippen MR) is 73.4 cm³/mol. The Balaban J connectivity index is 2.44. The third-order valence-electron chi connectivity index (χ3n) is 2.87. The average Bonchev–Trinajstić information content (AvgIpc) is 2.34. The SMILES string of the molecule is CCC(NC(=O)COc1ccccc1N)C(C)C. The fourth-order valence-corrected chi connectivity index (χ4v) is 1.74. The van der Waals surface area contributed by atoms with Crippen molar-refractivity contribution in [2.75, 3.05) is 12.3 Å². The molecule has 18 heavy (non-hydrogen) atoms. The van der Waals surface area contributed by atoms with E-state index in [-0.39, 0.29) is 18.6 Å². The lowest BCUT2D eigenvalue weighted by Crippen LogP contribution is -2.40. The third-order valence-corrected chi connectivity index (χ3v) is 2.87. The van der Waals surface area contributed by atoms with Crippen LogP contribution in [0, 0.1) is 5.92 Å². The molecule has 4 heteroatoms. The molecule has 0 spiro atoms. The molecule has 0 aliphatic rings. The molecule has 1 unspecified atom stereocenters. The number of amides is 1. The number of rotatable bonds is 6. The number of carbonyl (C=O) groups excluding carboxylic acids is 1. The highest BCUT2D eigenvalue weighted by molar-refractivity contribution is 5.78. The molecular weight excluding hydrogens is 228 g/mol. The molecular formula is C14H22N2O2. The number of carbonyl (C=O) groups is 1. The molecule has 1 aromatic carbocycles. The molecule has 0 saturated carbocycles. The smallest absolute Gasteiger partial charge is 0.258 e. The normalized spacial score (nSPS) is 12.2. The van der Waals surface area contributed by atoms with Crippen molar-refractivity contribution < 1.29 is 9.53 Å². The van der Waals surface area contributed by atoms with Gasteiger partial charge in [-0.25, -0.2) is 0 Å². The summed E-state index contributed by atoms with van der Waals surface area (Å²) in [7, 11) is 0. The lowest BCUT2D eigenvalue weighted by Gasteiger charge is -2.20. The second kappa shape index (κ2) is 6.89. The van der Waals surface area contributed by atoms with E-state index in [0.717, 1.165) is 6.42 Å². The first-order valence-electron chi connectivity index (χ1n) is 6.31. The standard InChI is InChI=1S/C14H22N2O2/c1-4-12(10(2)3)16-14(17)9-18-13-8-6-5-7-11(13)15/h5-8,10,12H,4,9,15H2,1-3H3,(H,16,17). The van der Waals surface area contributed by atoms with Crippen molar-refractivity contribution in [3.63, 3.8) is 0 Å². The van der Waals surface area contributed by atoms with Gasteiger partial charge in [0, 0.05) is 6.04 Å². The van der Waals surface area contributed by atoms with E-state index in [0.29, 0.717) is 17.4 Å². The first-order chi connectivity index (χ1) is 8.54. The van der Waals surface area contributed by atoms with Crippen LogP contribution in [0.2, 0.25) is 0 Å². The number of benzene rings is 1. The van der Waals surface area contributed by atoms with Gasteiger partial charge in [0.1, 0.15) is 5.75 Å². The van der Waals surface area contributed by atoms with Gasteiger partial charge < -0.3 is 15.8 Å². The maximum absolute atomic E-state index is 11.7. The largest absolute Gasteiger partial charge is 0.482 e. The molecule has 1 atom stereocenters. The summed E-state index contributed by atoms with van der Waals surface area (Å²) < 4.78 is 5.39. The minimum Gasteiger partial charge on any atom is -0.482 e. The molecule has 0 heterocycles. The number of nitrogens with two attached hydrogens (primary N) is 1. The summed E-state index contributed by atoms with van der Waals surface area (Å²) in [6.45, 7) is 6.23. The van der Waals surface area contributed by atoms with Gasteiger partial charge in [-0.2, -0.15) is 0 Å². The molecule has 1 amide bonds. The predicted octanol–water partition coefficient (Wildman–Crippen LogP) is 2.20. The molecule has 0 aromatic heterocycles. The Kier molecular flexibility index (Phi) is 5.49. The maximum atomic E-state index is 11.7. The van der Waals surface area contributed by atoms with Crippen LogP contribution in [0.15, 0.2) is 24.3 Å². The average molecular weight is 250 g/mol. The number of nitrogens with one attached hydrogen (secondary N) is 1. The Labute approximate surface area is 109 Å². The number of hydrogen-bond donors (Lipinski definition) is 2. The van der Waals surface area contributed by atoms with Crippen molar-refractivity contribution >= 4 is 11.6 Å². The Morgan fingerprint density at radius 3 is 2.61 bits per heavy atom. The Hall–Kier alpha value is -1.71. The Bertz CT molecular complexity index is 391. The Morgan fingerprint density at radius 1 is 1.39 bits per heavy atom. The van der Waals surface area contributed by atoms with Crippen LogP contribution in [0.1, 0.15) is 27.2 Å². The van der Waals surface area contributed by atoms with Gasteiger partial charge in [0.25, 0.3) is 5.91 Å². The number of anilines is 1. The van der Waals surface area contributed by atoms with Gasteiger partial charge in [-0.15, -0.1) is 0 Å². The molecule has 0 aliphatic carbocycles. The highest BCUT2D eigenvalue weighted by atomic mass is 16.5. The third kappa shape index (κ3) is 4.28. The molecule has 0 saturated heterocycles. The van der Waals surface area contributed by atoms with E-state index in [2.05, 4.69) is 26.1 Å². The molecule has 0 radical (unpaired) electrons. The summed E-state index contributed by atoms with van der Waals surface area (Å²) in [5.41, 5.74) is 6.27. The van der Waals surface area contributed by atoms with E-state index >= 15 is 0 Å². The van der Waals surface area contributed by atoms with Crippen LogP contribution in [0.5, 0.6) is 5.75 Å². The van der Waals surface area contributed by atoms with Crippen LogP contribution in [0.25, 0.3) is 0 Å². The first-order valence-corrected chi connectivity index (χ1v) is 6.31. The van der Waals surface area contributed by atoms with Crippen LogP contribution in [-0.2, 0) is 4.79 Å². The topological polar surface area (TPSA) is 64.3 Å². The van der Waals surface area contributed by atoms with Gasteiger partial charge in [0.05, 0.1) is 5.69 Å². The van der Waals surface area contributed by atoms with Crippen LogP contribution in [0.4, 0.5) is 5.69 Å². The van der Waals surface area contributed by atoms with Crippen LogP contribution in [-0.4, -0.2) is 18.6 Å². The molecule has 0 aliphatic heterocycles. The summed E-state index contributed by atoms with van der Waals surface area (Å²) in [4.78, 5) is 11.7. The molecule has 1 rings (SSSR count). The fraction of sp³-hybridized carbons (Fsp3) is 0.500. The van der Waals surface area contributed by atoms with Gasteiger partial charge in [-0.1, -0.05) is 32.9 Å². The minimum atomic E-state index is -0.112. The van der Waals surface area contributed by atoms with Gasteiger partial charge in [0.2, 0.25) is 0 Å². The monoisotopic (exact) mass is 250 g/mol. The van der Waals surface area contributed by atoms with E-state index in [4.69, 9.17) is 10.5 Å².